The Morgan fingerprint density at radius 2 is 1.88 bits per heavy atom. The maximum Gasteiger partial charge on any atom is 0.208 e. The first-order chi connectivity index (χ1) is 11.6. The van der Waals surface area contributed by atoms with Crippen molar-refractivity contribution in [2.24, 2.45) is 34.0 Å². The van der Waals surface area contributed by atoms with Gasteiger partial charge in [0.1, 0.15) is 11.5 Å². The van der Waals surface area contributed by atoms with Gasteiger partial charge in [0, 0.05) is 17.3 Å². The number of rotatable bonds is 0. The molecule has 4 saturated carbocycles. The molecule has 4 aliphatic carbocycles. The fraction of sp³-hybridized carbons (Fsp3) is 0.850. The monoisotopic (exact) mass is 348 g/mol. The van der Waals surface area contributed by atoms with Gasteiger partial charge < -0.3 is 20.1 Å². The van der Waals surface area contributed by atoms with Crippen molar-refractivity contribution in [2.45, 2.75) is 63.9 Å². The van der Waals surface area contributed by atoms with Crippen LogP contribution in [0.25, 0.3) is 0 Å². The number of aliphatic hydroxyl groups excluding tert-OH is 2. The molecule has 5 heteroatoms. The van der Waals surface area contributed by atoms with E-state index in [9.17, 15) is 20.1 Å². The van der Waals surface area contributed by atoms with Gasteiger partial charge in [-0.15, -0.1) is 0 Å². The normalized spacial score (nSPS) is 58.8. The second-order valence-electron chi connectivity index (χ2n) is 9.89. The van der Waals surface area contributed by atoms with Crippen molar-refractivity contribution in [2.75, 3.05) is 6.61 Å². The molecule has 25 heavy (non-hydrogen) atoms. The van der Waals surface area contributed by atoms with E-state index >= 15 is 0 Å². The fourth-order valence-corrected chi connectivity index (χ4v) is 7.99. The van der Waals surface area contributed by atoms with Crippen LogP contribution in [0.4, 0.5) is 0 Å². The third kappa shape index (κ3) is 1.41. The molecule has 0 amide bonds. The number of Topliss-reactive ketones (excluding diaryl/α,β-unsaturated/α-hetero) is 1. The van der Waals surface area contributed by atoms with Crippen LogP contribution in [-0.2, 0) is 9.53 Å². The van der Waals surface area contributed by atoms with E-state index in [0.29, 0.717) is 12.2 Å². The average molecular weight is 348 g/mol. The summed E-state index contributed by atoms with van der Waals surface area (Å²) in [6.07, 6.45) is 2.18. The van der Waals surface area contributed by atoms with E-state index in [1.165, 1.54) is 0 Å². The molecule has 8 atom stereocenters. The quantitative estimate of drug-likeness (QED) is 0.576. The highest BCUT2D eigenvalue weighted by atomic mass is 16.6. The summed E-state index contributed by atoms with van der Waals surface area (Å²) in [5.74, 6) is -2.92. The maximum atomic E-state index is 13.3. The molecule has 2 aliphatic heterocycles. The first-order valence-electron chi connectivity index (χ1n) is 9.61. The lowest BCUT2D eigenvalue weighted by atomic mass is 9.36. The molecule has 2 heterocycles. The summed E-state index contributed by atoms with van der Waals surface area (Å²) in [5, 5.41) is 34.0. The zero-order chi connectivity index (χ0) is 18.0. The van der Waals surface area contributed by atoms with Crippen molar-refractivity contribution < 1.29 is 24.9 Å². The third-order valence-corrected chi connectivity index (χ3v) is 8.77. The first kappa shape index (κ1) is 16.4. The largest absolute Gasteiger partial charge is 0.391 e. The predicted molar refractivity (Wildman–Crippen MR) is 89.3 cm³/mol. The highest BCUT2D eigenvalue weighted by Gasteiger charge is 2.85. The fourth-order valence-electron chi connectivity index (χ4n) is 7.99. The number of carbonyl (C=O) groups is 1. The van der Waals surface area contributed by atoms with E-state index in [4.69, 9.17) is 4.74 Å². The molecule has 2 saturated heterocycles. The van der Waals surface area contributed by atoms with E-state index in [1.807, 2.05) is 0 Å². The van der Waals surface area contributed by atoms with Gasteiger partial charge in [0.15, 0.2) is 5.78 Å². The van der Waals surface area contributed by atoms with Gasteiger partial charge in [-0.25, -0.2) is 0 Å². The first-order valence-corrected chi connectivity index (χ1v) is 9.61. The number of hydrogen-bond acceptors (Lipinski definition) is 5. The topological polar surface area (TPSA) is 87.0 Å². The van der Waals surface area contributed by atoms with Crippen LogP contribution in [0, 0.1) is 34.0 Å². The molecule has 0 aromatic heterocycles. The molecule has 6 fully saturated rings. The lowest BCUT2D eigenvalue weighted by molar-refractivity contribution is -0.448. The van der Waals surface area contributed by atoms with E-state index < -0.39 is 23.4 Å². The Hall–Kier alpha value is -0.750. The van der Waals surface area contributed by atoms with Crippen molar-refractivity contribution >= 4 is 5.78 Å². The molecule has 3 N–H and O–H groups in total. The molecule has 2 spiro atoms. The summed E-state index contributed by atoms with van der Waals surface area (Å²) in [6, 6.07) is 0. The molecule has 2 unspecified atom stereocenters. The van der Waals surface area contributed by atoms with Crippen LogP contribution in [0.1, 0.15) is 46.0 Å². The Labute approximate surface area is 148 Å². The lowest BCUT2D eigenvalue weighted by Crippen LogP contribution is -2.83. The Bertz CT molecular complexity index is 686. The Balaban J connectivity index is 1.79. The van der Waals surface area contributed by atoms with Crippen molar-refractivity contribution in [1.82, 2.24) is 0 Å². The molecule has 0 radical (unpaired) electrons. The van der Waals surface area contributed by atoms with E-state index in [2.05, 4.69) is 20.4 Å². The van der Waals surface area contributed by atoms with E-state index in [0.717, 1.165) is 32.1 Å². The zero-order valence-corrected chi connectivity index (χ0v) is 15.0. The molecular formula is C20H28O5. The molecule has 0 aromatic rings. The summed E-state index contributed by atoms with van der Waals surface area (Å²) in [5.41, 5.74) is -1.56. The molecule has 5 nitrogen and oxygen atoms in total. The molecule has 6 aliphatic rings. The standard InChI is InChI=1S/C20H28O5/c1-10-11-5-6-12-18-8-4-7-17(2,3)13(18)16(23)20(24,25-9-18)19(12,14(10)21)15(11)22/h11-13,15-16,22-24H,1,4-9H2,2-3H3/t11-,12+,13-,15+,16+,18?,19?,20+/m1/s1. The van der Waals surface area contributed by atoms with Gasteiger partial charge >= 0.3 is 0 Å². The lowest BCUT2D eigenvalue weighted by Gasteiger charge is -2.73. The minimum absolute atomic E-state index is 0.131. The number of aliphatic hydroxyl groups is 3. The van der Waals surface area contributed by atoms with E-state index in [1.54, 1.807) is 0 Å². The van der Waals surface area contributed by atoms with Crippen LogP contribution in [0.5, 0.6) is 0 Å². The summed E-state index contributed by atoms with van der Waals surface area (Å²) in [4.78, 5) is 13.3. The molecule has 0 aromatic carbocycles. The van der Waals surface area contributed by atoms with Gasteiger partial charge in [-0.2, -0.15) is 0 Å². The van der Waals surface area contributed by atoms with Gasteiger partial charge in [-0.3, -0.25) is 4.79 Å². The van der Waals surface area contributed by atoms with Gasteiger partial charge in [0.05, 0.1) is 12.7 Å². The van der Waals surface area contributed by atoms with Gasteiger partial charge in [-0.05, 0) is 42.6 Å². The van der Waals surface area contributed by atoms with Crippen LogP contribution in [0.3, 0.4) is 0 Å². The maximum absolute atomic E-state index is 13.3. The van der Waals surface area contributed by atoms with Crippen LogP contribution < -0.4 is 0 Å². The summed E-state index contributed by atoms with van der Waals surface area (Å²) < 4.78 is 5.89. The smallest absolute Gasteiger partial charge is 0.208 e. The van der Waals surface area contributed by atoms with Gasteiger partial charge in [-0.1, -0.05) is 26.8 Å². The molecule has 4 bridgehead atoms. The van der Waals surface area contributed by atoms with Crippen molar-refractivity contribution in [3.63, 3.8) is 0 Å². The minimum Gasteiger partial charge on any atom is -0.391 e. The molecular weight excluding hydrogens is 320 g/mol. The van der Waals surface area contributed by atoms with Crippen molar-refractivity contribution in [3.05, 3.63) is 12.2 Å². The Morgan fingerprint density at radius 3 is 2.60 bits per heavy atom. The number of hydrogen-bond donors (Lipinski definition) is 3. The number of carbonyl (C=O) groups excluding carboxylic acids is 1. The number of fused-ring (bicyclic) bond motifs is 2. The van der Waals surface area contributed by atoms with Crippen LogP contribution in [0.15, 0.2) is 12.2 Å². The van der Waals surface area contributed by atoms with Crippen LogP contribution in [0.2, 0.25) is 0 Å². The second-order valence-corrected chi connectivity index (χ2v) is 9.89. The minimum atomic E-state index is -2.02. The summed E-state index contributed by atoms with van der Waals surface area (Å²) >= 11 is 0. The Morgan fingerprint density at radius 1 is 1.16 bits per heavy atom. The zero-order valence-electron chi connectivity index (χ0n) is 15.0. The Kier molecular flexibility index (Phi) is 2.88. The van der Waals surface area contributed by atoms with Crippen molar-refractivity contribution in [1.29, 1.82) is 0 Å². The summed E-state index contributed by atoms with van der Waals surface area (Å²) in [6.45, 7) is 8.58. The number of ether oxygens (including phenoxy) is 1. The third-order valence-electron chi connectivity index (χ3n) is 8.77. The summed E-state index contributed by atoms with van der Waals surface area (Å²) in [7, 11) is 0. The molecule has 6 rings (SSSR count). The van der Waals surface area contributed by atoms with Gasteiger partial charge in [0.2, 0.25) is 5.79 Å². The molecule has 138 valence electrons. The SMILES string of the molecule is C=C1C(=O)C23[C@@H](O)[C@@H]1CC[C@H]2C12CCCC(C)(C)[C@H]1[C@H](O)[C@]3(O)OC2. The highest BCUT2D eigenvalue weighted by Crippen LogP contribution is 2.76. The van der Waals surface area contributed by atoms with Crippen LogP contribution in [-0.4, -0.2) is 45.7 Å². The number of ketones is 1. The highest BCUT2D eigenvalue weighted by molar-refractivity contribution is 6.05. The van der Waals surface area contributed by atoms with Crippen molar-refractivity contribution in [3.8, 4) is 0 Å². The average Bonchev–Trinajstić information content (AvgIpc) is 2.66. The second kappa shape index (κ2) is 4.38. The van der Waals surface area contributed by atoms with Crippen LogP contribution >= 0.6 is 0 Å². The van der Waals surface area contributed by atoms with Gasteiger partial charge in [0.25, 0.3) is 0 Å². The van der Waals surface area contributed by atoms with E-state index in [-0.39, 0.29) is 34.4 Å². The predicted octanol–water partition coefficient (Wildman–Crippen LogP) is 1.40.